The molecule has 0 radical (unpaired) electrons. The van der Waals surface area contributed by atoms with Crippen molar-refractivity contribution in [1.82, 2.24) is 15.2 Å². The molecule has 0 unspecified atom stereocenters. The van der Waals surface area contributed by atoms with E-state index in [1.54, 1.807) is 6.07 Å². The normalized spacial score (nSPS) is 13.8. The Labute approximate surface area is 201 Å². The maximum atomic E-state index is 13.7. The first-order chi connectivity index (χ1) is 16.4. The molecule has 0 aliphatic carbocycles. The van der Waals surface area contributed by atoms with Gasteiger partial charge in [0, 0.05) is 37.9 Å². The minimum absolute atomic E-state index is 0.0128. The molecule has 6 nitrogen and oxygen atoms in total. The van der Waals surface area contributed by atoms with Gasteiger partial charge in [-0.2, -0.15) is 5.26 Å². The number of aryl methyl sites for hydroxylation is 2. The van der Waals surface area contributed by atoms with Crippen molar-refractivity contribution in [3.8, 4) is 17.3 Å². The highest BCUT2D eigenvalue weighted by Crippen LogP contribution is 2.30. The third-order valence-electron chi connectivity index (χ3n) is 6.77. The molecule has 0 atom stereocenters. The van der Waals surface area contributed by atoms with Gasteiger partial charge in [-0.05, 0) is 80.1 Å². The first kappa shape index (κ1) is 23.6. The number of nitrogens with zero attached hydrogens (tertiary/aromatic N) is 6. The fourth-order valence-corrected chi connectivity index (χ4v) is 4.44. The van der Waals surface area contributed by atoms with Crippen LogP contribution in [0.15, 0.2) is 30.5 Å². The first-order valence-corrected chi connectivity index (χ1v) is 11.9. The molecule has 1 saturated heterocycles. The average molecular weight is 459 g/mol. The second-order valence-corrected chi connectivity index (χ2v) is 8.98. The largest absolute Gasteiger partial charge is 0.353 e. The van der Waals surface area contributed by atoms with Crippen LogP contribution in [0, 0.1) is 37.9 Å². The number of hydrogen-bond donors (Lipinski definition) is 0. The van der Waals surface area contributed by atoms with Gasteiger partial charge in [0.1, 0.15) is 17.7 Å². The Morgan fingerprint density at radius 1 is 1.00 bits per heavy atom. The van der Waals surface area contributed by atoms with Gasteiger partial charge in [0.05, 0.1) is 11.3 Å². The number of aromatic nitrogens is 3. The highest BCUT2D eigenvalue weighted by molar-refractivity contribution is 5.68. The summed E-state index contributed by atoms with van der Waals surface area (Å²) in [6, 6.07) is 8.60. The van der Waals surface area contributed by atoms with Gasteiger partial charge < -0.3 is 9.80 Å². The molecule has 1 fully saturated rings. The topological polar surface area (TPSA) is 68.9 Å². The molecule has 34 heavy (non-hydrogen) atoms. The summed E-state index contributed by atoms with van der Waals surface area (Å²) in [6.07, 6.45) is 5.51. The average Bonchev–Trinajstić information content (AvgIpc) is 2.85. The molecule has 1 aliphatic heterocycles. The van der Waals surface area contributed by atoms with Crippen molar-refractivity contribution in [2.24, 2.45) is 0 Å². The smallest absolute Gasteiger partial charge is 0.154 e. The Balaban J connectivity index is 1.48. The van der Waals surface area contributed by atoms with Crippen LogP contribution in [0.4, 0.5) is 16.0 Å². The zero-order valence-corrected chi connectivity index (χ0v) is 20.4. The molecule has 3 aromatic rings. The molecule has 1 aromatic carbocycles. The number of nitriles is 1. The summed E-state index contributed by atoms with van der Waals surface area (Å²) in [6.45, 7) is 11.8. The first-order valence-electron chi connectivity index (χ1n) is 11.9. The Bertz CT molecular complexity index is 1220. The van der Waals surface area contributed by atoms with E-state index in [0.717, 1.165) is 55.4 Å². The van der Waals surface area contributed by atoms with Gasteiger partial charge >= 0.3 is 0 Å². The predicted octanol–water partition coefficient (Wildman–Crippen LogP) is 5.14. The number of rotatable bonds is 6. The van der Waals surface area contributed by atoms with Gasteiger partial charge in [-0.25, -0.2) is 9.37 Å². The highest BCUT2D eigenvalue weighted by atomic mass is 19.1. The van der Waals surface area contributed by atoms with E-state index in [2.05, 4.69) is 39.9 Å². The molecular weight excluding hydrogens is 427 g/mol. The fourth-order valence-electron chi connectivity index (χ4n) is 4.44. The van der Waals surface area contributed by atoms with Gasteiger partial charge in [-0.3, -0.25) is 0 Å². The number of benzene rings is 1. The molecule has 7 heteroatoms. The SMILES string of the molecule is CCCCc1cnc(N2CCN(c3nnc(-c4ccc(F)c(C#N)c4)c(C)c3C)CC2)cc1C. The van der Waals surface area contributed by atoms with E-state index in [9.17, 15) is 4.39 Å². The molecule has 1 aliphatic rings. The summed E-state index contributed by atoms with van der Waals surface area (Å²) in [5.41, 5.74) is 6.09. The van der Waals surface area contributed by atoms with E-state index in [1.807, 2.05) is 26.1 Å². The van der Waals surface area contributed by atoms with E-state index < -0.39 is 5.82 Å². The second kappa shape index (κ2) is 10.2. The van der Waals surface area contributed by atoms with Crippen LogP contribution >= 0.6 is 0 Å². The fraction of sp³-hybridized carbons (Fsp3) is 0.407. The highest BCUT2D eigenvalue weighted by Gasteiger charge is 2.23. The Morgan fingerprint density at radius 2 is 1.74 bits per heavy atom. The Kier molecular flexibility index (Phi) is 7.06. The molecule has 2 aromatic heterocycles. The Hall–Kier alpha value is -3.53. The summed E-state index contributed by atoms with van der Waals surface area (Å²) >= 11 is 0. The lowest BCUT2D eigenvalue weighted by molar-refractivity contribution is 0.624. The summed E-state index contributed by atoms with van der Waals surface area (Å²) in [5.74, 6) is 1.39. The van der Waals surface area contributed by atoms with Crippen molar-refractivity contribution in [1.29, 1.82) is 5.26 Å². The minimum Gasteiger partial charge on any atom is -0.353 e. The van der Waals surface area contributed by atoms with Gasteiger partial charge in [0.25, 0.3) is 0 Å². The standard InChI is InChI=1S/C27H31FN6/c1-5-6-7-22-17-30-25(14-18(22)2)33-10-12-34(13-11-33)27-20(4)19(3)26(31-32-27)21-8-9-24(28)23(15-21)16-29/h8-9,14-15,17H,5-7,10-13H2,1-4H3. The van der Waals surface area contributed by atoms with Crippen molar-refractivity contribution < 1.29 is 4.39 Å². The number of unbranched alkanes of at least 4 members (excludes halogenated alkanes) is 1. The van der Waals surface area contributed by atoms with E-state index >= 15 is 0 Å². The molecule has 0 N–H and O–H groups in total. The van der Waals surface area contributed by atoms with Crippen molar-refractivity contribution in [2.45, 2.75) is 47.0 Å². The lowest BCUT2D eigenvalue weighted by atomic mass is 10.0. The molecule has 0 saturated carbocycles. The zero-order valence-electron chi connectivity index (χ0n) is 20.4. The minimum atomic E-state index is -0.525. The van der Waals surface area contributed by atoms with Gasteiger partial charge in [-0.15, -0.1) is 10.2 Å². The summed E-state index contributed by atoms with van der Waals surface area (Å²) in [7, 11) is 0. The van der Waals surface area contributed by atoms with Gasteiger partial charge in [0.15, 0.2) is 5.82 Å². The maximum absolute atomic E-state index is 13.7. The molecular formula is C27H31FN6. The summed E-state index contributed by atoms with van der Waals surface area (Å²) in [5, 5.41) is 18.2. The van der Waals surface area contributed by atoms with Crippen LogP contribution in [-0.2, 0) is 6.42 Å². The second-order valence-electron chi connectivity index (χ2n) is 8.98. The zero-order chi connectivity index (χ0) is 24.2. The Morgan fingerprint density at radius 3 is 2.41 bits per heavy atom. The number of anilines is 2. The van der Waals surface area contributed by atoms with Crippen LogP contribution < -0.4 is 9.80 Å². The number of hydrogen-bond acceptors (Lipinski definition) is 6. The molecule has 4 rings (SSSR count). The number of piperazine rings is 1. The van der Waals surface area contributed by atoms with Crippen LogP contribution in [0.2, 0.25) is 0 Å². The lowest BCUT2D eigenvalue weighted by Gasteiger charge is -2.36. The molecule has 176 valence electrons. The van der Waals surface area contributed by atoms with Crippen molar-refractivity contribution in [2.75, 3.05) is 36.0 Å². The van der Waals surface area contributed by atoms with E-state index in [0.29, 0.717) is 11.3 Å². The summed E-state index contributed by atoms with van der Waals surface area (Å²) in [4.78, 5) is 9.34. The number of halogens is 1. The lowest BCUT2D eigenvalue weighted by Crippen LogP contribution is -2.47. The predicted molar refractivity (Wildman–Crippen MR) is 134 cm³/mol. The third-order valence-corrected chi connectivity index (χ3v) is 6.77. The van der Waals surface area contributed by atoms with Crippen molar-refractivity contribution >= 4 is 11.6 Å². The van der Waals surface area contributed by atoms with E-state index in [1.165, 1.54) is 36.1 Å². The molecule has 3 heterocycles. The van der Waals surface area contributed by atoms with Crippen molar-refractivity contribution in [3.63, 3.8) is 0 Å². The molecule has 0 amide bonds. The van der Waals surface area contributed by atoms with Crippen LogP contribution in [0.25, 0.3) is 11.3 Å². The maximum Gasteiger partial charge on any atom is 0.154 e. The van der Waals surface area contributed by atoms with E-state index in [-0.39, 0.29) is 5.56 Å². The van der Waals surface area contributed by atoms with E-state index in [4.69, 9.17) is 10.2 Å². The monoisotopic (exact) mass is 458 g/mol. The van der Waals surface area contributed by atoms with Crippen LogP contribution in [0.1, 0.15) is 47.6 Å². The summed E-state index contributed by atoms with van der Waals surface area (Å²) < 4.78 is 13.7. The van der Waals surface area contributed by atoms with Gasteiger partial charge in [-0.1, -0.05) is 13.3 Å². The van der Waals surface area contributed by atoms with Gasteiger partial charge in [0.2, 0.25) is 0 Å². The van der Waals surface area contributed by atoms with Crippen molar-refractivity contribution in [3.05, 3.63) is 64.1 Å². The number of pyridine rings is 1. The van der Waals surface area contributed by atoms with Crippen LogP contribution in [0.3, 0.4) is 0 Å². The third kappa shape index (κ3) is 4.72. The quantitative estimate of drug-likeness (QED) is 0.509. The van der Waals surface area contributed by atoms with Crippen LogP contribution in [0.5, 0.6) is 0 Å². The van der Waals surface area contributed by atoms with Crippen LogP contribution in [-0.4, -0.2) is 41.4 Å². The molecule has 0 spiro atoms. The molecule has 0 bridgehead atoms.